The zero-order chi connectivity index (χ0) is 13.9. The van der Waals surface area contributed by atoms with Crippen LogP contribution in [0.3, 0.4) is 0 Å². The summed E-state index contributed by atoms with van der Waals surface area (Å²) in [5.74, 6) is -0.234. The maximum absolute atomic E-state index is 12.2. The van der Waals surface area contributed by atoms with Gasteiger partial charge in [-0.1, -0.05) is 6.07 Å². The summed E-state index contributed by atoms with van der Waals surface area (Å²) in [6.45, 7) is 1.18. The van der Waals surface area contributed by atoms with E-state index >= 15 is 0 Å². The van der Waals surface area contributed by atoms with Gasteiger partial charge >= 0.3 is 0 Å². The second kappa shape index (κ2) is 5.42. The molecule has 0 spiro atoms. The molecular formula is C14H15N3O3. The maximum Gasteiger partial charge on any atom is 0.281 e. The topological polar surface area (TPSA) is 72.7 Å². The van der Waals surface area contributed by atoms with Crippen LogP contribution < -0.4 is 10.9 Å². The molecule has 1 saturated heterocycles. The number of nitrogens with one attached hydrogen (secondary N) is 1. The number of nitrogens with zero attached hydrogens (tertiary/aromatic N) is 2. The first-order chi connectivity index (χ1) is 9.75. The summed E-state index contributed by atoms with van der Waals surface area (Å²) >= 11 is 0. The van der Waals surface area contributed by atoms with Crippen molar-refractivity contribution in [2.24, 2.45) is 5.92 Å². The number of carbonyl (C=O) groups is 1. The minimum Gasteiger partial charge on any atom is -0.381 e. The smallest absolute Gasteiger partial charge is 0.281 e. The lowest BCUT2D eigenvalue weighted by Crippen LogP contribution is -2.31. The minimum atomic E-state index is -0.268. The predicted molar refractivity (Wildman–Crippen MR) is 73.6 cm³/mol. The Kier molecular flexibility index (Phi) is 3.47. The number of anilines is 1. The second-order valence-electron chi connectivity index (χ2n) is 4.78. The van der Waals surface area contributed by atoms with Crippen LogP contribution in [0.15, 0.2) is 35.4 Å². The molecule has 0 aromatic carbocycles. The molecule has 0 aliphatic carbocycles. The van der Waals surface area contributed by atoms with Gasteiger partial charge < -0.3 is 10.1 Å². The third-order valence-electron chi connectivity index (χ3n) is 3.46. The van der Waals surface area contributed by atoms with Gasteiger partial charge in [-0.25, -0.2) is 4.98 Å². The average Bonchev–Trinajstić information content (AvgIpc) is 2.51. The third kappa shape index (κ3) is 2.42. The summed E-state index contributed by atoms with van der Waals surface area (Å²) in [7, 11) is 0. The molecule has 2 aromatic rings. The van der Waals surface area contributed by atoms with Gasteiger partial charge in [0.25, 0.3) is 5.56 Å². The van der Waals surface area contributed by atoms with Crippen LogP contribution in [-0.4, -0.2) is 28.5 Å². The Hall–Kier alpha value is -2.21. The Morgan fingerprint density at radius 1 is 1.35 bits per heavy atom. The molecule has 0 saturated carbocycles. The van der Waals surface area contributed by atoms with E-state index in [1.807, 2.05) is 6.07 Å². The van der Waals surface area contributed by atoms with E-state index in [1.54, 1.807) is 18.3 Å². The van der Waals surface area contributed by atoms with Gasteiger partial charge in [0.15, 0.2) is 0 Å². The second-order valence-corrected chi connectivity index (χ2v) is 4.78. The van der Waals surface area contributed by atoms with Gasteiger partial charge in [0, 0.05) is 25.3 Å². The Balaban J connectivity index is 1.85. The Morgan fingerprint density at radius 2 is 2.15 bits per heavy atom. The van der Waals surface area contributed by atoms with E-state index in [0.717, 1.165) is 0 Å². The van der Waals surface area contributed by atoms with Gasteiger partial charge in [0.2, 0.25) is 5.91 Å². The van der Waals surface area contributed by atoms with E-state index in [4.69, 9.17) is 4.74 Å². The SMILES string of the molecule is O=C(Nc1cnc2ccccn2c1=O)C1CCOCC1. The predicted octanol–water partition coefficient (Wildman–Crippen LogP) is 1.06. The first kappa shape index (κ1) is 12.8. The molecule has 3 rings (SSSR count). The van der Waals surface area contributed by atoms with Crippen molar-refractivity contribution in [3.63, 3.8) is 0 Å². The highest BCUT2D eigenvalue weighted by Gasteiger charge is 2.22. The summed E-state index contributed by atoms with van der Waals surface area (Å²) < 4.78 is 6.64. The molecule has 6 heteroatoms. The Bertz CT molecular complexity index is 689. The Morgan fingerprint density at radius 3 is 2.95 bits per heavy atom. The number of hydrogen-bond acceptors (Lipinski definition) is 4. The number of amides is 1. The van der Waals surface area contributed by atoms with E-state index < -0.39 is 0 Å². The number of ether oxygens (including phenoxy) is 1. The molecule has 0 atom stereocenters. The Labute approximate surface area is 115 Å². The highest BCUT2D eigenvalue weighted by Crippen LogP contribution is 2.16. The van der Waals surface area contributed by atoms with Crippen molar-refractivity contribution in [3.05, 3.63) is 40.9 Å². The van der Waals surface area contributed by atoms with Crippen LogP contribution in [0.5, 0.6) is 0 Å². The van der Waals surface area contributed by atoms with Gasteiger partial charge in [-0.3, -0.25) is 14.0 Å². The highest BCUT2D eigenvalue weighted by atomic mass is 16.5. The van der Waals surface area contributed by atoms with Crippen molar-refractivity contribution >= 4 is 17.2 Å². The summed E-state index contributed by atoms with van der Waals surface area (Å²) in [5.41, 5.74) is 0.503. The lowest BCUT2D eigenvalue weighted by Gasteiger charge is -2.20. The van der Waals surface area contributed by atoms with E-state index in [9.17, 15) is 9.59 Å². The van der Waals surface area contributed by atoms with Gasteiger partial charge in [0.1, 0.15) is 11.3 Å². The molecule has 0 unspecified atom stereocenters. The molecule has 0 radical (unpaired) electrons. The molecule has 104 valence electrons. The highest BCUT2D eigenvalue weighted by molar-refractivity contribution is 5.92. The molecule has 1 amide bonds. The zero-order valence-corrected chi connectivity index (χ0v) is 10.9. The molecule has 1 N–H and O–H groups in total. The molecule has 0 bridgehead atoms. The monoisotopic (exact) mass is 273 g/mol. The lowest BCUT2D eigenvalue weighted by molar-refractivity contribution is -0.122. The lowest BCUT2D eigenvalue weighted by atomic mass is 9.99. The van der Waals surface area contributed by atoms with Crippen LogP contribution in [0.4, 0.5) is 5.69 Å². The fourth-order valence-electron chi connectivity index (χ4n) is 2.31. The average molecular weight is 273 g/mol. The first-order valence-corrected chi connectivity index (χ1v) is 6.61. The molecule has 1 aliphatic heterocycles. The molecule has 6 nitrogen and oxygen atoms in total. The van der Waals surface area contributed by atoms with Gasteiger partial charge in [-0.05, 0) is 25.0 Å². The van der Waals surface area contributed by atoms with Crippen LogP contribution >= 0.6 is 0 Å². The summed E-state index contributed by atoms with van der Waals surface area (Å²) in [4.78, 5) is 28.5. The van der Waals surface area contributed by atoms with Crippen LogP contribution in [0.2, 0.25) is 0 Å². The van der Waals surface area contributed by atoms with Crippen molar-refractivity contribution in [2.75, 3.05) is 18.5 Å². The van der Waals surface area contributed by atoms with Crippen LogP contribution in [-0.2, 0) is 9.53 Å². The normalized spacial score (nSPS) is 16.2. The minimum absolute atomic E-state index is 0.0976. The summed E-state index contributed by atoms with van der Waals surface area (Å²) in [6.07, 6.45) is 4.42. The molecule has 2 aromatic heterocycles. The number of pyridine rings is 1. The van der Waals surface area contributed by atoms with E-state index in [0.29, 0.717) is 31.7 Å². The van der Waals surface area contributed by atoms with Crippen molar-refractivity contribution in [1.29, 1.82) is 0 Å². The largest absolute Gasteiger partial charge is 0.381 e. The maximum atomic E-state index is 12.2. The number of aromatic nitrogens is 2. The van der Waals surface area contributed by atoms with Gasteiger partial charge in [-0.15, -0.1) is 0 Å². The molecular weight excluding hydrogens is 258 g/mol. The van der Waals surface area contributed by atoms with Crippen molar-refractivity contribution in [1.82, 2.24) is 9.38 Å². The molecule has 1 aliphatic rings. The zero-order valence-electron chi connectivity index (χ0n) is 10.9. The fraction of sp³-hybridized carbons (Fsp3) is 0.357. The standard InChI is InChI=1S/C14H15N3O3/c18-13(10-4-7-20-8-5-10)16-11-9-15-12-3-1-2-6-17(12)14(11)19/h1-3,6,9-10H,4-5,7-8H2,(H,16,18). The van der Waals surface area contributed by atoms with Crippen molar-refractivity contribution in [2.45, 2.75) is 12.8 Å². The summed E-state index contributed by atoms with van der Waals surface area (Å²) in [5, 5.41) is 2.68. The number of carbonyl (C=O) groups excluding carboxylic acids is 1. The van der Waals surface area contributed by atoms with Crippen molar-refractivity contribution in [3.8, 4) is 0 Å². The van der Waals surface area contributed by atoms with E-state index in [2.05, 4.69) is 10.3 Å². The molecule has 20 heavy (non-hydrogen) atoms. The fourth-order valence-corrected chi connectivity index (χ4v) is 2.31. The van der Waals surface area contributed by atoms with Crippen LogP contribution in [0.25, 0.3) is 5.65 Å². The third-order valence-corrected chi connectivity index (χ3v) is 3.46. The first-order valence-electron chi connectivity index (χ1n) is 6.61. The van der Waals surface area contributed by atoms with Crippen LogP contribution in [0, 0.1) is 5.92 Å². The number of hydrogen-bond donors (Lipinski definition) is 1. The number of fused-ring (bicyclic) bond motifs is 1. The van der Waals surface area contributed by atoms with E-state index in [-0.39, 0.29) is 23.1 Å². The quantitative estimate of drug-likeness (QED) is 0.888. The molecule has 3 heterocycles. The van der Waals surface area contributed by atoms with Crippen LogP contribution in [0.1, 0.15) is 12.8 Å². The van der Waals surface area contributed by atoms with E-state index in [1.165, 1.54) is 10.6 Å². The number of rotatable bonds is 2. The molecule has 1 fully saturated rings. The van der Waals surface area contributed by atoms with Gasteiger partial charge in [-0.2, -0.15) is 0 Å². The van der Waals surface area contributed by atoms with Gasteiger partial charge in [0.05, 0.1) is 6.20 Å². The summed E-state index contributed by atoms with van der Waals surface area (Å²) in [6, 6.07) is 5.30. The van der Waals surface area contributed by atoms with Crippen molar-refractivity contribution < 1.29 is 9.53 Å².